The van der Waals surface area contributed by atoms with Crippen LogP contribution in [0.2, 0.25) is 0 Å². The summed E-state index contributed by atoms with van der Waals surface area (Å²) in [4.78, 5) is 4.51. The molecule has 3 N–H and O–H groups in total. The third-order valence-corrected chi connectivity index (χ3v) is 3.09. The first kappa shape index (κ1) is 10.4. The summed E-state index contributed by atoms with van der Waals surface area (Å²) in [5.74, 6) is 0.796. The van der Waals surface area contributed by atoms with Crippen molar-refractivity contribution in [3.05, 3.63) is 24.0 Å². The van der Waals surface area contributed by atoms with Gasteiger partial charge in [0.25, 0.3) is 0 Å². The SMILES string of the molecule is CCC1CC1Nc1cnccc1C(N)=S. The molecule has 1 aliphatic carbocycles. The Hall–Kier alpha value is -1.16. The Bertz CT molecular complexity index is 378. The fraction of sp³-hybridized carbons (Fsp3) is 0.455. The van der Waals surface area contributed by atoms with Crippen molar-refractivity contribution in [1.82, 2.24) is 4.98 Å². The van der Waals surface area contributed by atoms with Crippen LogP contribution in [0.5, 0.6) is 0 Å². The van der Waals surface area contributed by atoms with E-state index in [1.807, 2.05) is 6.07 Å². The number of nitrogens with two attached hydrogens (primary N) is 1. The van der Waals surface area contributed by atoms with E-state index in [1.54, 1.807) is 12.4 Å². The number of nitrogens with one attached hydrogen (secondary N) is 1. The van der Waals surface area contributed by atoms with Gasteiger partial charge in [-0.15, -0.1) is 0 Å². The maximum Gasteiger partial charge on any atom is 0.106 e. The zero-order chi connectivity index (χ0) is 10.8. The molecule has 0 radical (unpaired) electrons. The van der Waals surface area contributed by atoms with Crippen LogP contribution in [0.4, 0.5) is 5.69 Å². The highest BCUT2D eigenvalue weighted by atomic mass is 32.1. The Kier molecular flexibility index (Phi) is 2.86. The van der Waals surface area contributed by atoms with Crippen molar-refractivity contribution in [1.29, 1.82) is 0 Å². The van der Waals surface area contributed by atoms with Crippen molar-refractivity contribution in [2.24, 2.45) is 11.7 Å². The number of aromatic nitrogens is 1. The van der Waals surface area contributed by atoms with Crippen LogP contribution in [0.1, 0.15) is 25.3 Å². The maximum atomic E-state index is 5.64. The van der Waals surface area contributed by atoms with Crippen LogP contribution in [-0.4, -0.2) is 16.0 Å². The van der Waals surface area contributed by atoms with Crippen LogP contribution in [0.15, 0.2) is 18.5 Å². The summed E-state index contributed by atoms with van der Waals surface area (Å²) in [6.07, 6.45) is 5.96. The lowest BCUT2D eigenvalue weighted by Gasteiger charge is -2.09. The molecule has 0 aliphatic heterocycles. The third kappa shape index (κ3) is 2.26. The Labute approximate surface area is 95.1 Å². The minimum Gasteiger partial charge on any atom is -0.389 e. The van der Waals surface area contributed by atoms with Gasteiger partial charge in [0.2, 0.25) is 0 Å². The van der Waals surface area contributed by atoms with Gasteiger partial charge in [0, 0.05) is 17.8 Å². The van der Waals surface area contributed by atoms with Crippen LogP contribution in [0.25, 0.3) is 0 Å². The highest BCUT2D eigenvalue weighted by molar-refractivity contribution is 7.80. The molecule has 1 aromatic rings. The van der Waals surface area contributed by atoms with Crippen LogP contribution in [-0.2, 0) is 0 Å². The van der Waals surface area contributed by atoms with Crippen LogP contribution in [0, 0.1) is 5.92 Å². The number of nitrogens with zero attached hydrogens (tertiary/aromatic N) is 1. The predicted molar refractivity (Wildman–Crippen MR) is 65.9 cm³/mol. The lowest BCUT2D eigenvalue weighted by molar-refractivity contribution is 0.774. The maximum absolute atomic E-state index is 5.64. The fourth-order valence-electron chi connectivity index (χ4n) is 1.80. The van der Waals surface area contributed by atoms with E-state index < -0.39 is 0 Å². The van der Waals surface area contributed by atoms with Gasteiger partial charge in [-0.3, -0.25) is 4.98 Å². The van der Waals surface area contributed by atoms with Crippen LogP contribution < -0.4 is 11.1 Å². The van der Waals surface area contributed by atoms with Gasteiger partial charge in [0.05, 0.1) is 11.9 Å². The molecule has 2 unspecified atom stereocenters. The first-order valence-corrected chi connectivity index (χ1v) is 5.63. The molecule has 0 saturated heterocycles. The van der Waals surface area contributed by atoms with Crippen molar-refractivity contribution >= 4 is 22.9 Å². The summed E-state index contributed by atoms with van der Waals surface area (Å²) in [6.45, 7) is 2.21. The molecule has 0 aromatic carbocycles. The summed E-state index contributed by atoms with van der Waals surface area (Å²) in [5.41, 5.74) is 7.50. The molecular formula is C11H15N3S. The standard InChI is InChI=1S/C11H15N3S/c1-2-7-5-9(7)14-10-6-13-4-3-8(10)11(12)15/h3-4,6-7,9,14H,2,5H2,1H3,(H2,12,15). The summed E-state index contributed by atoms with van der Waals surface area (Å²) in [6, 6.07) is 2.43. The van der Waals surface area contributed by atoms with Gasteiger partial charge in [-0.2, -0.15) is 0 Å². The molecule has 2 atom stereocenters. The molecule has 1 aromatic heterocycles. The van der Waals surface area contributed by atoms with E-state index in [-0.39, 0.29) is 0 Å². The van der Waals surface area contributed by atoms with Gasteiger partial charge in [0.15, 0.2) is 0 Å². The van der Waals surface area contributed by atoms with Gasteiger partial charge in [-0.05, 0) is 18.4 Å². The molecule has 3 nitrogen and oxygen atoms in total. The predicted octanol–water partition coefficient (Wildman–Crippen LogP) is 1.93. The van der Waals surface area contributed by atoms with E-state index in [1.165, 1.54) is 12.8 Å². The summed E-state index contributed by atoms with van der Waals surface area (Å²) in [5, 5.41) is 3.44. The van der Waals surface area contributed by atoms with Gasteiger partial charge in [-0.25, -0.2) is 0 Å². The van der Waals surface area contributed by atoms with Crippen molar-refractivity contribution in [3.8, 4) is 0 Å². The number of rotatable bonds is 4. The second-order valence-corrected chi connectivity index (χ2v) is 4.38. The number of hydrogen-bond acceptors (Lipinski definition) is 3. The summed E-state index contributed by atoms with van der Waals surface area (Å²) < 4.78 is 0. The van der Waals surface area contributed by atoms with E-state index in [2.05, 4.69) is 17.2 Å². The third-order valence-electron chi connectivity index (χ3n) is 2.87. The highest BCUT2D eigenvalue weighted by Crippen LogP contribution is 2.36. The molecule has 1 heterocycles. The van der Waals surface area contributed by atoms with Crippen molar-refractivity contribution in [3.63, 3.8) is 0 Å². The molecule has 1 aliphatic rings. The average molecular weight is 221 g/mol. The van der Waals surface area contributed by atoms with E-state index >= 15 is 0 Å². The number of pyridine rings is 1. The second-order valence-electron chi connectivity index (χ2n) is 3.94. The van der Waals surface area contributed by atoms with E-state index in [9.17, 15) is 0 Å². The Morgan fingerprint density at radius 2 is 2.53 bits per heavy atom. The zero-order valence-electron chi connectivity index (χ0n) is 8.73. The van der Waals surface area contributed by atoms with Crippen LogP contribution >= 0.6 is 12.2 Å². The topological polar surface area (TPSA) is 50.9 Å². The largest absolute Gasteiger partial charge is 0.389 e. The molecule has 1 saturated carbocycles. The van der Waals surface area contributed by atoms with Gasteiger partial charge in [0.1, 0.15) is 4.99 Å². The number of hydrogen-bond donors (Lipinski definition) is 2. The second kappa shape index (κ2) is 4.14. The van der Waals surface area contributed by atoms with Crippen molar-refractivity contribution < 1.29 is 0 Å². The first-order valence-electron chi connectivity index (χ1n) is 5.22. The highest BCUT2D eigenvalue weighted by Gasteiger charge is 2.35. The van der Waals surface area contributed by atoms with E-state index in [0.717, 1.165) is 17.2 Å². The smallest absolute Gasteiger partial charge is 0.106 e. The van der Waals surface area contributed by atoms with Crippen LogP contribution in [0.3, 0.4) is 0 Å². The molecule has 4 heteroatoms. The van der Waals surface area contributed by atoms with E-state index in [4.69, 9.17) is 18.0 Å². The lowest BCUT2D eigenvalue weighted by atomic mass is 10.2. The van der Waals surface area contributed by atoms with E-state index in [0.29, 0.717) is 11.0 Å². The molecular weight excluding hydrogens is 206 g/mol. The monoisotopic (exact) mass is 221 g/mol. The minimum atomic E-state index is 0.425. The van der Waals surface area contributed by atoms with Gasteiger partial charge >= 0.3 is 0 Å². The minimum absolute atomic E-state index is 0.425. The molecule has 80 valence electrons. The Balaban J connectivity index is 2.11. The number of anilines is 1. The lowest BCUT2D eigenvalue weighted by Crippen LogP contribution is -2.15. The molecule has 0 bridgehead atoms. The Morgan fingerprint density at radius 1 is 1.73 bits per heavy atom. The van der Waals surface area contributed by atoms with Crippen molar-refractivity contribution in [2.75, 3.05) is 5.32 Å². The zero-order valence-corrected chi connectivity index (χ0v) is 9.55. The molecule has 2 rings (SSSR count). The molecule has 0 spiro atoms. The van der Waals surface area contributed by atoms with Gasteiger partial charge < -0.3 is 11.1 Å². The fourth-order valence-corrected chi connectivity index (χ4v) is 1.98. The quantitative estimate of drug-likeness (QED) is 0.763. The van der Waals surface area contributed by atoms with Crippen molar-refractivity contribution in [2.45, 2.75) is 25.8 Å². The first-order chi connectivity index (χ1) is 7.22. The summed E-state index contributed by atoms with van der Waals surface area (Å²) >= 11 is 4.99. The summed E-state index contributed by atoms with van der Waals surface area (Å²) in [7, 11) is 0. The molecule has 0 amide bonds. The number of thiocarbonyl (C=S) groups is 1. The average Bonchev–Trinajstić information content (AvgIpc) is 2.97. The molecule has 15 heavy (non-hydrogen) atoms. The normalized spacial score (nSPS) is 23.5. The molecule has 1 fully saturated rings. The Morgan fingerprint density at radius 3 is 3.13 bits per heavy atom. The van der Waals surface area contributed by atoms with Gasteiger partial charge in [-0.1, -0.05) is 25.6 Å².